The number of carbonyl (C=O) groups excluding carboxylic acids is 6. The quantitative estimate of drug-likeness (QED) is 0.0195. The Morgan fingerprint density at radius 1 is 0.627 bits per heavy atom. The second-order valence-electron chi connectivity index (χ2n) is 14.5. The topological polar surface area (TPSA) is 222 Å². The van der Waals surface area contributed by atoms with E-state index in [0.29, 0.717) is 12.8 Å². The van der Waals surface area contributed by atoms with Gasteiger partial charge in [-0.05, 0) is 12.8 Å². The van der Waals surface area contributed by atoms with Gasteiger partial charge in [-0.1, -0.05) is 117 Å². The van der Waals surface area contributed by atoms with Crippen molar-refractivity contribution < 1.29 is 66.2 Å². The molecular formula is C41H72N3O14P. The molecule has 0 aromatic heterocycles. The first kappa shape index (κ1) is 53.6. The van der Waals surface area contributed by atoms with Gasteiger partial charge in [-0.15, -0.1) is 0 Å². The number of alkyl carbamates (subject to hydrolysis) is 1. The number of esters is 2. The first-order valence-electron chi connectivity index (χ1n) is 21.7. The Bertz CT molecular complexity index is 1270. The summed E-state index contributed by atoms with van der Waals surface area (Å²) in [5, 5.41) is 4.94. The molecule has 1 aliphatic heterocycles. The molecule has 0 fully saturated rings. The standard InChI is InChI=1S/C41H72N3O14P/c1-3-5-7-9-11-13-15-17-19-21-39(48)55-33-35(58-40(49)22-20-18-16-14-12-10-8-6-4-2)34-57-59(51,52)56-30-27-43-41(50)54-32-31-53-29-26-42-36(45)25-28-44-37(46)23-24-38(44)47/h23-24,35H,3-22,25-34H2,1-2H3,(H,42,45)(H,43,50)(H,51,52). The van der Waals surface area contributed by atoms with Crippen LogP contribution in [0.5, 0.6) is 0 Å². The third-order valence-electron chi connectivity index (χ3n) is 9.24. The van der Waals surface area contributed by atoms with Crippen LogP contribution in [0.2, 0.25) is 0 Å². The molecular weight excluding hydrogens is 789 g/mol. The van der Waals surface area contributed by atoms with Crippen molar-refractivity contribution in [3.8, 4) is 0 Å². The molecule has 3 N–H and O–H groups in total. The zero-order valence-corrected chi connectivity index (χ0v) is 36.5. The summed E-state index contributed by atoms with van der Waals surface area (Å²) in [6.45, 7) is 3.06. The smallest absolute Gasteiger partial charge is 0.462 e. The fraction of sp³-hybridized carbons (Fsp3) is 0.805. The fourth-order valence-electron chi connectivity index (χ4n) is 5.87. The van der Waals surface area contributed by atoms with E-state index in [1.54, 1.807) is 0 Å². The van der Waals surface area contributed by atoms with Crippen LogP contribution in [0.15, 0.2) is 12.2 Å². The summed E-state index contributed by atoms with van der Waals surface area (Å²) in [6, 6.07) is 0. The lowest BCUT2D eigenvalue weighted by Crippen LogP contribution is -2.35. The number of rotatable bonds is 39. The van der Waals surface area contributed by atoms with Crippen LogP contribution >= 0.6 is 7.82 Å². The first-order valence-corrected chi connectivity index (χ1v) is 23.2. The maximum absolute atomic E-state index is 12.6. The van der Waals surface area contributed by atoms with Gasteiger partial charge in [0.05, 0.1) is 26.4 Å². The van der Waals surface area contributed by atoms with Crippen LogP contribution in [-0.4, -0.2) is 111 Å². The molecule has 0 spiro atoms. The molecule has 1 aliphatic rings. The Kier molecular flexibility index (Phi) is 32.2. The molecule has 0 aromatic carbocycles. The van der Waals surface area contributed by atoms with Gasteiger partial charge in [0.2, 0.25) is 5.91 Å². The Morgan fingerprint density at radius 2 is 1.15 bits per heavy atom. The molecule has 1 heterocycles. The average Bonchev–Trinajstić information content (AvgIpc) is 3.53. The molecule has 4 amide bonds. The number of nitrogens with one attached hydrogen (secondary N) is 2. The molecule has 17 nitrogen and oxygen atoms in total. The van der Waals surface area contributed by atoms with E-state index in [-0.39, 0.29) is 71.2 Å². The van der Waals surface area contributed by atoms with Crippen LogP contribution < -0.4 is 10.6 Å². The molecule has 18 heteroatoms. The van der Waals surface area contributed by atoms with Crippen molar-refractivity contribution in [3.63, 3.8) is 0 Å². The van der Waals surface area contributed by atoms with Crippen molar-refractivity contribution in [2.24, 2.45) is 0 Å². The number of amides is 4. The minimum atomic E-state index is -4.65. The zero-order valence-electron chi connectivity index (χ0n) is 35.6. The minimum Gasteiger partial charge on any atom is -0.462 e. The number of phosphoric acid groups is 1. The van der Waals surface area contributed by atoms with Gasteiger partial charge in [-0.25, -0.2) is 9.36 Å². The molecule has 0 saturated carbocycles. The minimum absolute atomic E-state index is 0.0243. The molecule has 0 aromatic rings. The van der Waals surface area contributed by atoms with Crippen LogP contribution in [-0.2, 0) is 56.5 Å². The van der Waals surface area contributed by atoms with Gasteiger partial charge < -0.3 is 34.5 Å². The third kappa shape index (κ3) is 31.2. The lowest BCUT2D eigenvalue weighted by atomic mass is 10.1. The summed E-state index contributed by atoms with van der Waals surface area (Å²) in [6.07, 6.45) is 20.3. The van der Waals surface area contributed by atoms with Gasteiger partial charge in [-0.2, -0.15) is 0 Å². The van der Waals surface area contributed by atoms with E-state index in [1.807, 2.05) is 0 Å². The lowest BCUT2D eigenvalue weighted by Gasteiger charge is -2.20. The highest BCUT2D eigenvalue weighted by atomic mass is 31.2. The van der Waals surface area contributed by atoms with Crippen molar-refractivity contribution in [2.45, 2.75) is 155 Å². The number of hydrogen-bond donors (Lipinski definition) is 3. The Labute approximate surface area is 350 Å². The second-order valence-corrected chi connectivity index (χ2v) is 15.9. The van der Waals surface area contributed by atoms with E-state index in [0.717, 1.165) is 55.6 Å². The molecule has 2 unspecified atom stereocenters. The van der Waals surface area contributed by atoms with Crippen molar-refractivity contribution >= 4 is 43.6 Å². The fourth-order valence-corrected chi connectivity index (χ4v) is 6.62. The van der Waals surface area contributed by atoms with Gasteiger partial charge in [-0.3, -0.25) is 37.9 Å². The van der Waals surface area contributed by atoms with Crippen LogP contribution in [0.3, 0.4) is 0 Å². The summed E-state index contributed by atoms with van der Waals surface area (Å²) in [7, 11) is -4.65. The molecule has 2 atom stereocenters. The maximum Gasteiger partial charge on any atom is 0.472 e. The largest absolute Gasteiger partial charge is 0.472 e. The van der Waals surface area contributed by atoms with Crippen molar-refractivity contribution in [1.29, 1.82) is 0 Å². The van der Waals surface area contributed by atoms with E-state index in [9.17, 15) is 38.2 Å². The number of ether oxygens (including phenoxy) is 4. The highest BCUT2D eigenvalue weighted by molar-refractivity contribution is 7.47. The lowest BCUT2D eigenvalue weighted by molar-refractivity contribution is -0.161. The summed E-state index contributed by atoms with van der Waals surface area (Å²) in [5.74, 6) is -2.25. The number of nitrogens with zero attached hydrogens (tertiary/aromatic N) is 1. The molecule has 0 saturated heterocycles. The number of phosphoric ester groups is 1. The molecule has 340 valence electrons. The van der Waals surface area contributed by atoms with Crippen molar-refractivity contribution in [3.05, 3.63) is 12.2 Å². The Hall–Kier alpha value is -3.37. The molecule has 0 bridgehead atoms. The maximum atomic E-state index is 12.6. The van der Waals surface area contributed by atoms with Crippen molar-refractivity contribution in [1.82, 2.24) is 15.5 Å². The number of imide groups is 1. The summed E-state index contributed by atoms with van der Waals surface area (Å²) >= 11 is 0. The van der Waals surface area contributed by atoms with Gasteiger partial charge in [0.15, 0.2) is 6.10 Å². The molecule has 1 rings (SSSR count). The van der Waals surface area contributed by atoms with E-state index in [2.05, 4.69) is 24.5 Å². The van der Waals surface area contributed by atoms with Crippen LogP contribution in [0.25, 0.3) is 0 Å². The predicted octanol–water partition coefficient (Wildman–Crippen LogP) is 6.59. The highest BCUT2D eigenvalue weighted by Crippen LogP contribution is 2.43. The van der Waals surface area contributed by atoms with Gasteiger partial charge in [0, 0.05) is 51.0 Å². The Balaban J connectivity index is 2.32. The predicted molar refractivity (Wildman–Crippen MR) is 220 cm³/mol. The van der Waals surface area contributed by atoms with Gasteiger partial charge >= 0.3 is 25.9 Å². The SMILES string of the molecule is CCCCCCCCCCCC(=O)OCC(COP(=O)(O)OCCNC(=O)OCCOCCNC(=O)CCN1C(=O)C=CC1=O)OC(=O)CCCCCCCCCCC. The monoisotopic (exact) mass is 861 g/mol. The second kappa shape index (κ2) is 35.4. The molecule has 59 heavy (non-hydrogen) atoms. The number of carbonyl (C=O) groups is 6. The van der Waals surface area contributed by atoms with Crippen LogP contribution in [0.1, 0.15) is 149 Å². The van der Waals surface area contributed by atoms with E-state index < -0.39 is 57.0 Å². The number of hydrogen-bond acceptors (Lipinski definition) is 13. The highest BCUT2D eigenvalue weighted by Gasteiger charge is 2.26. The molecule has 0 aliphatic carbocycles. The summed E-state index contributed by atoms with van der Waals surface area (Å²) in [4.78, 5) is 83.1. The average molecular weight is 862 g/mol. The third-order valence-corrected chi connectivity index (χ3v) is 10.2. The molecule has 0 radical (unpaired) electrons. The van der Waals surface area contributed by atoms with Gasteiger partial charge in [0.25, 0.3) is 11.8 Å². The number of unbranched alkanes of at least 4 members (excludes halogenated alkanes) is 16. The van der Waals surface area contributed by atoms with Crippen LogP contribution in [0, 0.1) is 0 Å². The Morgan fingerprint density at radius 3 is 1.73 bits per heavy atom. The van der Waals surface area contributed by atoms with Crippen molar-refractivity contribution in [2.75, 3.05) is 59.3 Å². The zero-order chi connectivity index (χ0) is 43.4. The van der Waals surface area contributed by atoms with E-state index >= 15 is 0 Å². The van der Waals surface area contributed by atoms with E-state index in [1.165, 1.54) is 64.2 Å². The summed E-state index contributed by atoms with van der Waals surface area (Å²) in [5.41, 5.74) is 0. The van der Waals surface area contributed by atoms with Crippen LogP contribution in [0.4, 0.5) is 4.79 Å². The normalized spacial score (nSPS) is 13.9. The van der Waals surface area contributed by atoms with E-state index in [4.69, 9.17) is 28.0 Å². The first-order chi connectivity index (χ1) is 28.5. The summed E-state index contributed by atoms with van der Waals surface area (Å²) < 4.78 is 43.6. The van der Waals surface area contributed by atoms with Gasteiger partial charge in [0.1, 0.15) is 13.2 Å².